The van der Waals surface area contributed by atoms with Crippen LogP contribution in [0.3, 0.4) is 0 Å². The molecular weight excluding hydrogens is 294 g/mol. The number of nitrogens with one attached hydrogen (secondary N) is 1. The molecule has 3 aromatic rings. The third-order valence-electron chi connectivity index (χ3n) is 3.54. The van der Waals surface area contributed by atoms with E-state index in [1.807, 2.05) is 24.3 Å². The maximum atomic E-state index is 12.3. The second-order valence-electron chi connectivity index (χ2n) is 4.99. The summed E-state index contributed by atoms with van der Waals surface area (Å²) >= 11 is 0. The Balaban J connectivity index is 1.79. The van der Waals surface area contributed by atoms with E-state index >= 15 is 0 Å². The van der Waals surface area contributed by atoms with Crippen molar-refractivity contribution in [3.05, 3.63) is 54.4 Å². The van der Waals surface area contributed by atoms with E-state index in [1.54, 1.807) is 43.4 Å². The minimum Gasteiger partial charge on any atom is -0.497 e. The summed E-state index contributed by atoms with van der Waals surface area (Å²) < 4.78 is 12.1. The van der Waals surface area contributed by atoms with Gasteiger partial charge in [0.05, 0.1) is 31.7 Å². The lowest BCUT2D eigenvalue weighted by Gasteiger charge is -2.11. The van der Waals surface area contributed by atoms with Crippen LogP contribution >= 0.6 is 0 Å². The number of methoxy groups -OCH3 is 2. The molecule has 0 unspecified atom stereocenters. The number of para-hydroxylation sites is 2. The molecule has 0 radical (unpaired) electrons. The fourth-order valence-corrected chi connectivity index (χ4v) is 2.42. The van der Waals surface area contributed by atoms with Crippen molar-refractivity contribution in [2.24, 2.45) is 0 Å². The largest absolute Gasteiger partial charge is 0.497 e. The molecule has 0 saturated heterocycles. The van der Waals surface area contributed by atoms with Crippen LogP contribution in [-0.2, 0) is 11.2 Å². The Morgan fingerprint density at radius 3 is 2.78 bits per heavy atom. The molecule has 0 aliphatic carbocycles. The van der Waals surface area contributed by atoms with E-state index in [2.05, 4.69) is 10.4 Å². The Bertz CT molecular complexity index is 842. The molecule has 1 heterocycles. The molecule has 1 N–H and O–H groups in total. The maximum absolute atomic E-state index is 12.3. The minimum absolute atomic E-state index is 0.167. The Morgan fingerprint density at radius 1 is 1.17 bits per heavy atom. The van der Waals surface area contributed by atoms with Gasteiger partial charge < -0.3 is 9.47 Å². The Labute approximate surface area is 133 Å². The highest BCUT2D eigenvalue weighted by molar-refractivity contribution is 5.88. The molecule has 1 amide bonds. The highest BCUT2D eigenvalue weighted by Crippen LogP contribution is 2.24. The van der Waals surface area contributed by atoms with Gasteiger partial charge in [0, 0.05) is 5.56 Å². The summed E-state index contributed by atoms with van der Waals surface area (Å²) in [5.74, 6) is 1.16. The molecule has 0 fully saturated rings. The number of carbonyl (C=O) groups is 1. The molecule has 6 heteroatoms. The van der Waals surface area contributed by atoms with Gasteiger partial charge >= 0.3 is 0 Å². The molecule has 118 valence electrons. The maximum Gasteiger partial charge on any atom is 0.243 e. The first-order valence-corrected chi connectivity index (χ1v) is 7.14. The predicted octanol–water partition coefficient (Wildman–Crippen LogP) is 2.37. The van der Waals surface area contributed by atoms with Crippen molar-refractivity contribution in [1.82, 2.24) is 9.66 Å². The first-order valence-electron chi connectivity index (χ1n) is 7.14. The van der Waals surface area contributed by atoms with E-state index in [0.717, 1.165) is 16.6 Å². The van der Waals surface area contributed by atoms with Gasteiger partial charge in [0.2, 0.25) is 5.91 Å². The lowest BCUT2D eigenvalue weighted by Crippen LogP contribution is -2.23. The number of carbonyl (C=O) groups excluding carboxylic acids is 1. The first kappa shape index (κ1) is 14.9. The van der Waals surface area contributed by atoms with Crippen LogP contribution in [0.25, 0.3) is 11.0 Å². The average Bonchev–Trinajstić information content (AvgIpc) is 2.98. The summed E-state index contributed by atoms with van der Waals surface area (Å²) in [6.45, 7) is 0. The van der Waals surface area contributed by atoms with Gasteiger partial charge in [0.15, 0.2) is 0 Å². The number of ether oxygens (including phenoxy) is 2. The molecule has 2 aromatic carbocycles. The van der Waals surface area contributed by atoms with Gasteiger partial charge in [-0.05, 0) is 30.3 Å². The average molecular weight is 311 g/mol. The van der Waals surface area contributed by atoms with Crippen molar-refractivity contribution in [2.45, 2.75) is 6.42 Å². The number of hydrogen-bond acceptors (Lipinski definition) is 4. The van der Waals surface area contributed by atoms with Crippen LogP contribution in [0.15, 0.2) is 48.8 Å². The zero-order chi connectivity index (χ0) is 16.2. The second kappa shape index (κ2) is 6.39. The molecule has 0 bridgehead atoms. The van der Waals surface area contributed by atoms with Crippen LogP contribution in [-0.4, -0.2) is 29.8 Å². The number of rotatable bonds is 5. The van der Waals surface area contributed by atoms with E-state index in [9.17, 15) is 4.79 Å². The number of fused-ring (bicyclic) bond motifs is 1. The zero-order valence-electron chi connectivity index (χ0n) is 12.9. The predicted molar refractivity (Wildman–Crippen MR) is 87.4 cm³/mol. The van der Waals surface area contributed by atoms with Crippen LogP contribution in [0.2, 0.25) is 0 Å². The summed E-state index contributed by atoms with van der Waals surface area (Å²) in [7, 11) is 3.16. The molecule has 1 aromatic heterocycles. The van der Waals surface area contributed by atoms with Crippen molar-refractivity contribution in [2.75, 3.05) is 19.6 Å². The Kier molecular flexibility index (Phi) is 4.14. The monoisotopic (exact) mass is 311 g/mol. The number of amides is 1. The van der Waals surface area contributed by atoms with Crippen molar-refractivity contribution < 1.29 is 14.3 Å². The van der Waals surface area contributed by atoms with Gasteiger partial charge in [-0.25, -0.2) is 9.66 Å². The molecule has 0 spiro atoms. The van der Waals surface area contributed by atoms with E-state index < -0.39 is 0 Å². The van der Waals surface area contributed by atoms with E-state index in [1.165, 1.54) is 0 Å². The van der Waals surface area contributed by atoms with Crippen molar-refractivity contribution in [3.8, 4) is 11.5 Å². The molecule has 3 rings (SSSR count). The molecule has 0 aliphatic heterocycles. The number of imidazole rings is 1. The summed E-state index contributed by atoms with van der Waals surface area (Å²) in [4.78, 5) is 16.6. The summed E-state index contributed by atoms with van der Waals surface area (Å²) in [5, 5.41) is 0. The third kappa shape index (κ3) is 3.11. The van der Waals surface area contributed by atoms with Crippen LogP contribution < -0.4 is 14.9 Å². The lowest BCUT2D eigenvalue weighted by molar-refractivity contribution is -0.116. The molecule has 23 heavy (non-hydrogen) atoms. The highest BCUT2D eigenvalue weighted by Gasteiger charge is 2.11. The summed E-state index contributed by atoms with van der Waals surface area (Å²) in [6, 6.07) is 13.0. The molecule has 0 aliphatic rings. The molecular formula is C17H17N3O3. The van der Waals surface area contributed by atoms with E-state index in [4.69, 9.17) is 9.47 Å². The smallest absolute Gasteiger partial charge is 0.243 e. The Hall–Kier alpha value is -3.02. The van der Waals surface area contributed by atoms with Gasteiger partial charge in [-0.3, -0.25) is 10.2 Å². The van der Waals surface area contributed by atoms with Crippen molar-refractivity contribution >= 4 is 16.9 Å². The van der Waals surface area contributed by atoms with Crippen molar-refractivity contribution in [1.29, 1.82) is 0 Å². The zero-order valence-corrected chi connectivity index (χ0v) is 12.9. The van der Waals surface area contributed by atoms with Gasteiger partial charge in [-0.2, -0.15) is 0 Å². The number of hydrogen-bond donors (Lipinski definition) is 1. The van der Waals surface area contributed by atoms with E-state index in [-0.39, 0.29) is 12.3 Å². The van der Waals surface area contributed by atoms with Crippen LogP contribution in [0.4, 0.5) is 0 Å². The minimum atomic E-state index is -0.167. The highest BCUT2D eigenvalue weighted by atomic mass is 16.5. The summed E-state index contributed by atoms with van der Waals surface area (Å²) in [5.41, 5.74) is 5.25. The van der Waals surface area contributed by atoms with Gasteiger partial charge in [0.25, 0.3) is 0 Å². The SMILES string of the molecule is COc1ccc(OC)c(CC(=O)Nn2cnc3ccccc32)c1. The normalized spacial score (nSPS) is 10.5. The lowest BCUT2D eigenvalue weighted by atomic mass is 10.1. The van der Waals surface area contributed by atoms with Crippen LogP contribution in [0, 0.1) is 0 Å². The summed E-state index contributed by atoms with van der Waals surface area (Å²) in [6.07, 6.45) is 1.76. The fourth-order valence-electron chi connectivity index (χ4n) is 2.42. The number of aromatic nitrogens is 2. The van der Waals surface area contributed by atoms with Crippen molar-refractivity contribution in [3.63, 3.8) is 0 Å². The van der Waals surface area contributed by atoms with Gasteiger partial charge in [0.1, 0.15) is 17.8 Å². The fraction of sp³-hybridized carbons (Fsp3) is 0.176. The van der Waals surface area contributed by atoms with E-state index in [0.29, 0.717) is 11.5 Å². The molecule has 6 nitrogen and oxygen atoms in total. The Morgan fingerprint density at radius 2 is 2.00 bits per heavy atom. The second-order valence-corrected chi connectivity index (χ2v) is 4.99. The number of nitrogens with zero attached hydrogens (tertiary/aromatic N) is 2. The molecule has 0 saturated carbocycles. The third-order valence-corrected chi connectivity index (χ3v) is 3.54. The standard InChI is InChI=1S/C17H17N3O3/c1-22-13-7-8-16(23-2)12(9-13)10-17(21)19-20-11-18-14-5-3-4-6-15(14)20/h3-9,11H,10H2,1-2H3,(H,19,21). The van der Waals surface area contributed by atoms with Crippen LogP contribution in [0.1, 0.15) is 5.56 Å². The topological polar surface area (TPSA) is 65.4 Å². The first-order chi connectivity index (χ1) is 11.2. The quantitative estimate of drug-likeness (QED) is 0.785. The number of benzene rings is 2. The van der Waals surface area contributed by atoms with Gasteiger partial charge in [-0.1, -0.05) is 12.1 Å². The van der Waals surface area contributed by atoms with Crippen LogP contribution in [0.5, 0.6) is 11.5 Å². The molecule has 0 atom stereocenters. The van der Waals surface area contributed by atoms with Gasteiger partial charge in [-0.15, -0.1) is 0 Å².